The molecule has 9 rings (SSSR count). The van der Waals surface area contributed by atoms with Crippen LogP contribution in [0.4, 0.5) is 0 Å². The highest BCUT2D eigenvalue weighted by atomic mass is 16.6. The molecule has 12 nitrogen and oxygen atoms in total. The lowest BCUT2D eigenvalue weighted by atomic mass is 9.43. The molecule has 4 aliphatic carbocycles. The van der Waals surface area contributed by atoms with Crippen LogP contribution in [-0.2, 0) is 47.3 Å². The molecule has 0 radical (unpaired) electrons. The number of rotatable bonds is 9. The smallest absolute Gasteiger partial charge is 0.344 e. The van der Waals surface area contributed by atoms with Crippen molar-refractivity contribution in [3.05, 3.63) is 57.4 Å². The fraction of sp³-hybridized carbons (Fsp3) is 0.638. The van der Waals surface area contributed by atoms with Crippen LogP contribution in [0.5, 0.6) is 5.75 Å². The number of methoxy groups -OCH3 is 1. The maximum atomic E-state index is 13.5. The van der Waals surface area contributed by atoms with Gasteiger partial charge in [0, 0.05) is 22.9 Å². The van der Waals surface area contributed by atoms with Crippen LogP contribution in [0.1, 0.15) is 115 Å². The normalized spacial score (nSPS) is 34.6. The average Bonchev–Trinajstić information content (AvgIpc) is 3.78. The molecular weight excluding hydrogens is 753 g/mol. The number of benzene rings is 1. The first-order chi connectivity index (χ1) is 28.2. The summed E-state index contributed by atoms with van der Waals surface area (Å²) in [4.78, 5) is 56.1. The Labute approximate surface area is 345 Å². The molecular formula is C47H58N2O10. The van der Waals surface area contributed by atoms with E-state index in [9.17, 15) is 29.4 Å². The molecule has 2 N–H and O–H groups in total. The van der Waals surface area contributed by atoms with Gasteiger partial charge < -0.3 is 33.7 Å². The van der Waals surface area contributed by atoms with E-state index in [0.29, 0.717) is 71.1 Å². The van der Waals surface area contributed by atoms with Crippen LogP contribution in [0, 0.1) is 46.3 Å². The summed E-state index contributed by atoms with van der Waals surface area (Å²) in [5.74, 6) is 1.89. The number of esters is 3. The molecule has 0 spiro atoms. The zero-order valence-corrected chi connectivity index (χ0v) is 35.0. The van der Waals surface area contributed by atoms with Crippen LogP contribution in [-0.4, -0.2) is 63.6 Å². The Balaban J connectivity index is 0.823. The van der Waals surface area contributed by atoms with Gasteiger partial charge in [-0.15, -0.1) is 0 Å². The molecule has 5 unspecified atom stereocenters. The van der Waals surface area contributed by atoms with Gasteiger partial charge >= 0.3 is 17.9 Å². The lowest BCUT2D eigenvalue weighted by Crippen LogP contribution is -2.59. The van der Waals surface area contributed by atoms with Crippen molar-refractivity contribution in [3.8, 4) is 17.1 Å². The largest absolute Gasteiger partial charge is 0.482 e. The number of fused-ring (bicyclic) bond motifs is 10. The van der Waals surface area contributed by atoms with Gasteiger partial charge in [0.05, 0.1) is 42.2 Å². The Kier molecular flexibility index (Phi) is 10.0. The summed E-state index contributed by atoms with van der Waals surface area (Å²) >= 11 is 0. The second-order valence-corrected chi connectivity index (χ2v) is 19.2. The van der Waals surface area contributed by atoms with Crippen molar-refractivity contribution in [3.63, 3.8) is 0 Å². The molecule has 4 fully saturated rings. The number of carbonyl (C=O) groups is 3. The first kappa shape index (κ1) is 40.1. The third kappa shape index (κ3) is 6.32. The average molecular weight is 811 g/mol. The SMILES string of the molecule is CC[C@@]1(O)C(=O)OCc2c1cc1n(c2=O)Cc2cc3cc(OCC(=O)O[C@H]4CC[C@]5(C)C(CCC6C5C[C@@H](O)[C@]5(C)C6CCC5[C@@H](C)CCC(=O)OC)C4)ccc3nc2-1. The van der Waals surface area contributed by atoms with Gasteiger partial charge in [-0.25, -0.2) is 14.6 Å². The molecule has 4 saturated carbocycles. The number of hydrogen-bond acceptors (Lipinski definition) is 11. The molecule has 4 heterocycles. The van der Waals surface area contributed by atoms with Crippen LogP contribution >= 0.6 is 0 Å². The molecule has 12 heteroatoms. The predicted molar refractivity (Wildman–Crippen MR) is 217 cm³/mol. The second kappa shape index (κ2) is 14.7. The van der Waals surface area contributed by atoms with Crippen molar-refractivity contribution in [2.75, 3.05) is 13.7 Å². The number of carbonyl (C=O) groups excluding carboxylic acids is 3. The summed E-state index contributed by atoms with van der Waals surface area (Å²) in [6, 6.07) is 9.07. The van der Waals surface area contributed by atoms with E-state index in [0.717, 1.165) is 68.7 Å². The number of aliphatic hydroxyl groups excluding tert-OH is 1. The van der Waals surface area contributed by atoms with E-state index in [4.69, 9.17) is 23.9 Å². The van der Waals surface area contributed by atoms with Gasteiger partial charge in [-0.2, -0.15) is 0 Å². The zero-order chi connectivity index (χ0) is 41.6. The quantitative estimate of drug-likeness (QED) is 0.139. The van der Waals surface area contributed by atoms with Crippen molar-refractivity contribution < 1.29 is 43.5 Å². The number of hydrogen-bond donors (Lipinski definition) is 2. The van der Waals surface area contributed by atoms with Crippen LogP contribution in [0.2, 0.25) is 0 Å². The summed E-state index contributed by atoms with van der Waals surface area (Å²) in [5.41, 5.74) is 0.996. The summed E-state index contributed by atoms with van der Waals surface area (Å²) in [6.07, 6.45) is 8.70. The summed E-state index contributed by atoms with van der Waals surface area (Å²) in [7, 11) is 1.45. The van der Waals surface area contributed by atoms with Crippen molar-refractivity contribution in [2.45, 2.75) is 129 Å². The lowest BCUT2D eigenvalue weighted by molar-refractivity contribution is -0.182. The summed E-state index contributed by atoms with van der Waals surface area (Å²) in [6.45, 7) is 8.60. The van der Waals surface area contributed by atoms with Crippen LogP contribution in [0.3, 0.4) is 0 Å². The molecule has 2 aromatic heterocycles. The Hall–Kier alpha value is -4.29. The van der Waals surface area contributed by atoms with Gasteiger partial charge in [-0.3, -0.25) is 9.59 Å². The van der Waals surface area contributed by atoms with E-state index in [1.807, 2.05) is 18.2 Å². The maximum Gasteiger partial charge on any atom is 0.344 e. The third-order valence-corrected chi connectivity index (χ3v) is 16.6. The molecule has 59 heavy (non-hydrogen) atoms. The van der Waals surface area contributed by atoms with Crippen LogP contribution in [0.15, 0.2) is 35.1 Å². The topological polar surface area (TPSA) is 163 Å². The third-order valence-electron chi connectivity index (χ3n) is 16.6. The maximum absolute atomic E-state index is 13.5. The van der Waals surface area contributed by atoms with Gasteiger partial charge in [-0.1, -0.05) is 27.7 Å². The fourth-order valence-corrected chi connectivity index (χ4v) is 13.3. The molecule has 6 aliphatic rings. The molecule has 1 aromatic carbocycles. The number of ether oxygens (including phenoxy) is 4. The Bertz CT molecular complexity index is 2270. The Morgan fingerprint density at radius 2 is 1.85 bits per heavy atom. The van der Waals surface area contributed by atoms with Crippen molar-refractivity contribution in [1.82, 2.24) is 9.55 Å². The highest BCUT2D eigenvalue weighted by Crippen LogP contribution is 2.68. The molecule has 0 saturated heterocycles. The van der Waals surface area contributed by atoms with E-state index >= 15 is 0 Å². The molecule has 316 valence electrons. The Morgan fingerprint density at radius 3 is 2.63 bits per heavy atom. The standard InChI is InChI=1S/C47H58N2O10/c1-6-47(55)36-20-38-42-27(22-49(38)43(53)32(36)23-58-44(47)54)17-26-18-29(9-13-37(26)48-42)57-24-41(52)59-30-15-16-45(3)28(19-30)8-10-31-34-12-11-33(25(2)7-14-40(51)56-5)46(34,4)39(50)21-35(31)45/h9,13,17-18,20,25,28,30-31,33-35,39,50,55H,6-8,10-12,14-16,19,21-24H2,1-5H3/t25-,28?,30-,31?,33?,34?,35?,39+,45+,46-,47-/m0/s1. The fourth-order valence-electron chi connectivity index (χ4n) is 13.3. The second-order valence-electron chi connectivity index (χ2n) is 19.2. The highest BCUT2D eigenvalue weighted by molar-refractivity contribution is 5.87. The van der Waals surface area contributed by atoms with Crippen LogP contribution < -0.4 is 10.3 Å². The van der Waals surface area contributed by atoms with Gasteiger partial charge in [0.25, 0.3) is 5.56 Å². The van der Waals surface area contributed by atoms with E-state index in [2.05, 4.69) is 20.8 Å². The van der Waals surface area contributed by atoms with Gasteiger partial charge in [0.2, 0.25) is 0 Å². The molecule has 0 amide bonds. The number of nitrogens with zero attached hydrogens (tertiary/aromatic N) is 2. The summed E-state index contributed by atoms with van der Waals surface area (Å²) < 4.78 is 23.7. The van der Waals surface area contributed by atoms with Crippen molar-refractivity contribution in [2.24, 2.45) is 46.3 Å². The first-order valence-electron chi connectivity index (χ1n) is 21.9. The monoisotopic (exact) mass is 810 g/mol. The van der Waals surface area contributed by atoms with E-state index in [1.165, 1.54) is 7.11 Å². The summed E-state index contributed by atoms with van der Waals surface area (Å²) in [5, 5.41) is 23.9. The molecule has 11 atom stereocenters. The minimum atomic E-state index is -1.88. The van der Waals surface area contributed by atoms with Crippen LogP contribution in [0.25, 0.3) is 22.3 Å². The highest BCUT2D eigenvalue weighted by Gasteiger charge is 2.64. The number of pyridine rings is 2. The van der Waals surface area contributed by atoms with Gasteiger partial charge in [-0.05, 0) is 141 Å². The van der Waals surface area contributed by atoms with E-state index in [1.54, 1.807) is 23.6 Å². The Morgan fingerprint density at radius 1 is 1.03 bits per heavy atom. The zero-order valence-electron chi connectivity index (χ0n) is 35.0. The number of aromatic nitrogens is 2. The molecule has 0 bridgehead atoms. The molecule has 2 aliphatic heterocycles. The predicted octanol–water partition coefficient (Wildman–Crippen LogP) is 6.59. The van der Waals surface area contributed by atoms with E-state index < -0.39 is 17.5 Å². The first-order valence-corrected chi connectivity index (χ1v) is 21.9. The van der Waals surface area contributed by atoms with E-state index in [-0.39, 0.29) is 65.3 Å². The minimum absolute atomic E-state index is 0.0766. The lowest BCUT2D eigenvalue weighted by Gasteiger charge is -2.62. The number of aliphatic hydroxyl groups is 2. The van der Waals surface area contributed by atoms with Gasteiger partial charge in [0.1, 0.15) is 18.5 Å². The van der Waals surface area contributed by atoms with Gasteiger partial charge in [0.15, 0.2) is 12.2 Å². The van der Waals surface area contributed by atoms with Crippen molar-refractivity contribution in [1.29, 1.82) is 0 Å². The number of cyclic esters (lactones) is 1. The minimum Gasteiger partial charge on any atom is -0.482 e. The molecule has 3 aromatic rings. The van der Waals surface area contributed by atoms with Crippen molar-refractivity contribution >= 4 is 28.8 Å².